The van der Waals surface area contributed by atoms with Gasteiger partial charge in [0.25, 0.3) is 0 Å². The van der Waals surface area contributed by atoms with Gasteiger partial charge in [0, 0.05) is 37.9 Å². The molecule has 1 aliphatic carbocycles. The molecule has 6 nitrogen and oxygen atoms in total. The summed E-state index contributed by atoms with van der Waals surface area (Å²) in [5, 5.41) is 3.28. The van der Waals surface area contributed by atoms with Gasteiger partial charge >= 0.3 is 0 Å². The lowest BCUT2D eigenvalue weighted by Crippen LogP contribution is -2.42. The molecule has 0 bridgehead atoms. The van der Waals surface area contributed by atoms with Crippen molar-refractivity contribution in [2.75, 3.05) is 31.9 Å². The zero-order valence-corrected chi connectivity index (χ0v) is 17.7. The van der Waals surface area contributed by atoms with E-state index in [4.69, 9.17) is 0 Å². The maximum absolute atomic E-state index is 12.8. The van der Waals surface area contributed by atoms with Crippen molar-refractivity contribution in [1.29, 1.82) is 0 Å². The van der Waals surface area contributed by atoms with E-state index >= 15 is 0 Å². The van der Waals surface area contributed by atoms with Crippen molar-refractivity contribution in [3.63, 3.8) is 0 Å². The van der Waals surface area contributed by atoms with Crippen molar-refractivity contribution in [3.8, 4) is 0 Å². The highest BCUT2D eigenvalue weighted by molar-refractivity contribution is 7.89. The highest BCUT2D eigenvalue weighted by atomic mass is 32.2. The van der Waals surface area contributed by atoms with Gasteiger partial charge in [-0.05, 0) is 67.8 Å². The van der Waals surface area contributed by atoms with Gasteiger partial charge in [-0.25, -0.2) is 12.7 Å². The van der Waals surface area contributed by atoms with E-state index in [0.29, 0.717) is 37.9 Å². The van der Waals surface area contributed by atoms with Crippen LogP contribution in [0.3, 0.4) is 0 Å². The first-order valence-corrected chi connectivity index (χ1v) is 12.4. The Morgan fingerprint density at radius 1 is 1.00 bits per heavy atom. The van der Waals surface area contributed by atoms with E-state index < -0.39 is 10.0 Å². The summed E-state index contributed by atoms with van der Waals surface area (Å²) in [6.07, 6.45) is 4.70. The van der Waals surface area contributed by atoms with Crippen LogP contribution in [0.2, 0.25) is 0 Å². The number of fused-ring (bicyclic) bond motifs is 1. The minimum absolute atomic E-state index is 0.100. The summed E-state index contributed by atoms with van der Waals surface area (Å²) in [5.41, 5.74) is 2.71. The van der Waals surface area contributed by atoms with Crippen LogP contribution in [-0.4, -0.2) is 56.2 Å². The fraction of sp³-hybridized carbons (Fsp3) is 0.636. The second-order valence-corrected chi connectivity index (χ2v) is 10.8. The van der Waals surface area contributed by atoms with Gasteiger partial charge in [-0.3, -0.25) is 9.59 Å². The van der Waals surface area contributed by atoms with Gasteiger partial charge in [0.1, 0.15) is 5.78 Å². The molecule has 0 radical (unpaired) electrons. The van der Waals surface area contributed by atoms with Gasteiger partial charge < -0.3 is 5.32 Å². The Balaban J connectivity index is 1.29. The highest BCUT2D eigenvalue weighted by Crippen LogP contribution is 2.27. The van der Waals surface area contributed by atoms with Crippen LogP contribution in [0.1, 0.15) is 53.6 Å². The molecular weight excluding hydrogens is 388 g/mol. The van der Waals surface area contributed by atoms with Gasteiger partial charge in [-0.2, -0.15) is 0 Å². The number of nitrogens with one attached hydrogen (secondary N) is 1. The predicted octanol–water partition coefficient (Wildman–Crippen LogP) is 1.97. The fourth-order valence-electron chi connectivity index (χ4n) is 4.85. The number of rotatable bonds is 6. The van der Waals surface area contributed by atoms with E-state index in [1.807, 2.05) is 18.2 Å². The number of Topliss-reactive ketones (excluding diaryl/α,β-unsaturated/α-hetero) is 2. The number of piperidine rings is 2. The Bertz CT molecular complexity index is 882. The molecule has 2 heterocycles. The standard InChI is InChI=1S/C22H30N2O4S/c25-21-13-18-1-2-19(12-20(18)14-21)22(26)11-16-5-9-24(10-6-16)29(27,28)15-17-3-7-23-8-4-17/h1-2,12,16-17,23H,3-11,13-15H2. The van der Waals surface area contributed by atoms with Crippen LogP contribution in [-0.2, 0) is 27.7 Å². The Kier molecular flexibility index (Phi) is 6.18. The number of carbonyl (C=O) groups is 2. The summed E-state index contributed by atoms with van der Waals surface area (Å²) in [7, 11) is -3.21. The normalized spacial score (nSPS) is 22.0. The summed E-state index contributed by atoms with van der Waals surface area (Å²) >= 11 is 0. The summed E-state index contributed by atoms with van der Waals surface area (Å²) in [4.78, 5) is 24.3. The molecule has 2 aliphatic heterocycles. The van der Waals surface area contributed by atoms with E-state index in [1.54, 1.807) is 4.31 Å². The molecular formula is C22H30N2O4S. The first-order chi connectivity index (χ1) is 13.9. The van der Waals surface area contributed by atoms with Crippen LogP contribution < -0.4 is 5.32 Å². The number of carbonyl (C=O) groups excluding carboxylic acids is 2. The van der Waals surface area contributed by atoms with E-state index in [0.717, 1.165) is 49.9 Å². The molecule has 1 aromatic rings. The molecule has 4 rings (SSSR count). The highest BCUT2D eigenvalue weighted by Gasteiger charge is 2.31. The van der Waals surface area contributed by atoms with Gasteiger partial charge in [0.15, 0.2) is 5.78 Å². The zero-order valence-electron chi connectivity index (χ0n) is 16.9. The van der Waals surface area contributed by atoms with Gasteiger partial charge in [0.05, 0.1) is 5.75 Å². The first-order valence-electron chi connectivity index (χ1n) is 10.8. The van der Waals surface area contributed by atoms with Gasteiger partial charge in [-0.15, -0.1) is 0 Å². The second-order valence-electron chi connectivity index (χ2n) is 8.82. The number of hydrogen-bond donors (Lipinski definition) is 1. The largest absolute Gasteiger partial charge is 0.317 e. The third kappa shape index (κ3) is 4.95. The molecule has 2 fully saturated rings. The third-order valence-electron chi connectivity index (χ3n) is 6.65. The SMILES string of the molecule is O=C1Cc2ccc(C(=O)CC3CCN(S(=O)(=O)CC4CCNCC4)CC3)cc2C1. The summed E-state index contributed by atoms with van der Waals surface area (Å²) in [6.45, 7) is 2.84. The number of hydrogen-bond acceptors (Lipinski definition) is 5. The van der Waals surface area contributed by atoms with Crippen LogP contribution >= 0.6 is 0 Å². The van der Waals surface area contributed by atoms with Gasteiger partial charge in [0.2, 0.25) is 10.0 Å². The van der Waals surface area contributed by atoms with Crippen molar-refractivity contribution in [2.24, 2.45) is 11.8 Å². The fourth-order valence-corrected chi connectivity index (χ4v) is 6.75. The third-order valence-corrected chi connectivity index (χ3v) is 8.69. The van der Waals surface area contributed by atoms with Crippen molar-refractivity contribution in [2.45, 2.75) is 44.9 Å². The number of sulfonamides is 1. The quantitative estimate of drug-likeness (QED) is 0.714. The van der Waals surface area contributed by atoms with Crippen molar-refractivity contribution >= 4 is 21.6 Å². The zero-order chi connectivity index (χ0) is 20.4. The molecule has 3 aliphatic rings. The molecule has 0 saturated carbocycles. The summed E-state index contributed by atoms with van der Waals surface area (Å²) in [5.74, 6) is 1.05. The topological polar surface area (TPSA) is 83.6 Å². The molecule has 0 atom stereocenters. The Hall–Kier alpha value is -1.57. The van der Waals surface area contributed by atoms with Crippen LogP contribution in [0.4, 0.5) is 0 Å². The molecule has 0 spiro atoms. The number of nitrogens with zero attached hydrogens (tertiary/aromatic N) is 1. The van der Waals surface area contributed by atoms with Crippen LogP contribution in [0.25, 0.3) is 0 Å². The lowest BCUT2D eigenvalue weighted by atomic mass is 9.90. The van der Waals surface area contributed by atoms with E-state index in [2.05, 4.69) is 5.32 Å². The van der Waals surface area contributed by atoms with Crippen molar-refractivity contribution < 1.29 is 18.0 Å². The molecule has 158 valence electrons. The maximum atomic E-state index is 12.8. The monoisotopic (exact) mass is 418 g/mol. The molecule has 7 heteroatoms. The number of benzene rings is 1. The Morgan fingerprint density at radius 2 is 1.69 bits per heavy atom. The predicted molar refractivity (Wildman–Crippen MR) is 111 cm³/mol. The van der Waals surface area contributed by atoms with E-state index in [9.17, 15) is 18.0 Å². The second kappa shape index (κ2) is 8.66. The molecule has 0 unspecified atom stereocenters. The van der Waals surface area contributed by atoms with Crippen LogP contribution in [0.15, 0.2) is 18.2 Å². The van der Waals surface area contributed by atoms with Crippen LogP contribution in [0.5, 0.6) is 0 Å². The molecule has 2 saturated heterocycles. The summed E-state index contributed by atoms with van der Waals surface area (Å²) in [6, 6.07) is 5.61. The average Bonchev–Trinajstić information content (AvgIpc) is 3.08. The van der Waals surface area contributed by atoms with Crippen molar-refractivity contribution in [3.05, 3.63) is 34.9 Å². The lowest BCUT2D eigenvalue weighted by Gasteiger charge is -2.32. The summed E-state index contributed by atoms with van der Waals surface area (Å²) < 4.78 is 27.1. The van der Waals surface area contributed by atoms with Crippen molar-refractivity contribution in [1.82, 2.24) is 9.62 Å². The average molecular weight is 419 g/mol. The molecule has 29 heavy (non-hydrogen) atoms. The van der Waals surface area contributed by atoms with E-state index in [-0.39, 0.29) is 29.2 Å². The lowest BCUT2D eigenvalue weighted by molar-refractivity contribution is -0.117. The Morgan fingerprint density at radius 3 is 2.41 bits per heavy atom. The Labute approximate surface area is 173 Å². The van der Waals surface area contributed by atoms with Crippen LogP contribution in [0, 0.1) is 11.8 Å². The minimum atomic E-state index is -3.21. The minimum Gasteiger partial charge on any atom is -0.317 e. The van der Waals surface area contributed by atoms with E-state index in [1.165, 1.54) is 0 Å². The molecule has 1 aromatic carbocycles. The molecule has 0 aromatic heterocycles. The first kappa shape index (κ1) is 20.7. The maximum Gasteiger partial charge on any atom is 0.214 e. The molecule has 0 amide bonds. The van der Waals surface area contributed by atoms with Gasteiger partial charge in [-0.1, -0.05) is 12.1 Å². The molecule has 1 N–H and O–H groups in total. The number of ketones is 2. The smallest absolute Gasteiger partial charge is 0.214 e.